The smallest absolute Gasteiger partial charge is 0.329 e. The molecule has 24 heavy (non-hydrogen) atoms. The number of ether oxygens (including phenoxy) is 2. The van der Waals surface area contributed by atoms with E-state index in [0.29, 0.717) is 0 Å². The Hall–Kier alpha value is -1.42. The standard InChI is InChI=1S/C14H24N2O6S2/c1-5-21-13(19)11(15-9(3)17)7-23-24-8-12(16-10(4)18)14(20)22-6-2/h11-12H,5-8H2,1-4H3,(H,15,17)(H,16,18). The maximum atomic E-state index is 11.8. The molecule has 0 fully saturated rings. The fraction of sp³-hybridized carbons (Fsp3) is 0.714. The van der Waals surface area contributed by atoms with Gasteiger partial charge in [-0.15, -0.1) is 0 Å². The molecule has 0 aliphatic rings. The Bertz CT molecular complexity index is 407. The van der Waals surface area contributed by atoms with Gasteiger partial charge in [-0.05, 0) is 13.8 Å². The second-order valence-corrected chi connectivity index (χ2v) is 7.13. The number of rotatable bonds is 11. The van der Waals surface area contributed by atoms with Crippen molar-refractivity contribution < 1.29 is 28.7 Å². The summed E-state index contributed by atoms with van der Waals surface area (Å²) in [5.74, 6) is -1.13. The van der Waals surface area contributed by atoms with Gasteiger partial charge in [0.1, 0.15) is 12.1 Å². The lowest BCUT2D eigenvalue weighted by atomic mass is 10.3. The van der Waals surface area contributed by atoms with Gasteiger partial charge in [0, 0.05) is 25.4 Å². The molecule has 2 N–H and O–H groups in total. The first-order valence-corrected chi connectivity index (χ1v) is 9.92. The number of amides is 2. The zero-order chi connectivity index (χ0) is 18.5. The average molecular weight is 380 g/mol. The largest absolute Gasteiger partial charge is 0.464 e. The van der Waals surface area contributed by atoms with Crippen LogP contribution in [0.25, 0.3) is 0 Å². The van der Waals surface area contributed by atoms with E-state index >= 15 is 0 Å². The number of nitrogens with one attached hydrogen (secondary N) is 2. The summed E-state index contributed by atoms with van der Waals surface area (Å²) in [6.07, 6.45) is 0. The van der Waals surface area contributed by atoms with Crippen LogP contribution in [0.3, 0.4) is 0 Å². The highest BCUT2D eigenvalue weighted by molar-refractivity contribution is 8.76. The molecule has 10 heteroatoms. The summed E-state index contributed by atoms with van der Waals surface area (Å²) < 4.78 is 9.80. The number of esters is 2. The van der Waals surface area contributed by atoms with Gasteiger partial charge in [0.15, 0.2) is 0 Å². The second kappa shape index (κ2) is 12.9. The molecule has 0 heterocycles. The Labute approximate surface area is 149 Å². The van der Waals surface area contributed by atoms with E-state index < -0.39 is 24.0 Å². The van der Waals surface area contributed by atoms with Crippen LogP contribution in [0, 0.1) is 0 Å². The van der Waals surface area contributed by atoms with Crippen LogP contribution >= 0.6 is 21.6 Å². The van der Waals surface area contributed by atoms with Crippen LogP contribution < -0.4 is 10.6 Å². The van der Waals surface area contributed by atoms with E-state index in [9.17, 15) is 19.2 Å². The highest BCUT2D eigenvalue weighted by Gasteiger charge is 2.23. The highest BCUT2D eigenvalue weighted by Crippen LogP contribution is 2.23. The lowest BCUT2D eigenvalue weighted by Gasteiger charge is -2.17. The Morgan fingerprint density at radius 3 is 1.38 bits per heavy atom. The third kappa shape index (κ3) is 10.4. The van der Waals surface area contributed by atoms with Gasteiger partial charge in [0.05, 0.1) is 13.2 Å². The SMILES string of the molecule is CCOC(=O)C(CSSCC(NC(C)=O)C(=O)OCC)NC(C)=O. The molecule has 0 bridgehead atoms. The topological polar surface area (TPSA) is 111 Å². The molecule has 8 nitrogen and oxygen atoms in total. The molecular weight excluding hydrogens is 356 g/mol. The number of hydrogen-bond donors (Lipinski definition) is 2. The lowest BCUT2D eigenvalue weighted by molar-refractivity contribution is -0.147. The molecule has 0 saturated carbocycles. The minimum absolute atomic E-state index is 0.222. The summed E-state index contributed by atoms with van der Waals surface area (Å²) in [7, 11) is 2.58. The maximum Gasteiger partial charge on any atom is 0.329 e. The highest BCUT2D eigenvalue weighted by atomic mass is 33.1. The van der Waals surface area contributed by atoms with E-state index in [-0.39, 0.29) is 36.5 Å². The minimum atomic E-state index is -0.762. The molecule has 0 saturated heterocycles. The monoisotopic (exact) mass is 380 g/mol. The number of carbonyl (C=O) groups is 4. The molecule has 0 aromatic carbocycles. The Kier molecular flexibility index (Phi) is 12.2. The molecular formula is C14H24N2O6S2. The molecule has 0 spiro atoms. The normalized spacial score (nSPS) is 12.7. The van der Waals surface area contributed by atoms with Gasteiger partial charge >= 0.3 is 11.9 Å². The van der Waals surface area contributed by atoms with E-state index in [1.54, 1.807) is 13.8 Å². The van der Waals surface area contributed by atoms with Crippen LogP contribution in [0.1, 0.15) is 27.7 Å². The molecule has 0 aliphatic carbocycles. The first-order valence-electron chi connectivity index (χ1n) is 7.43. The molecule has 0 aromatic rings. The van der Waals surface area contributed by atoms with Gasteiger partial charge in [0.2, 0.25) is 11.8 Å². The van der Waals surface area contributed by atoms with E-state index in [1.807, 2.05) is 0 Å². The van der Waals surface area contributed by atoms with Crippen molar-refractivity contribution in [2.45, 2.75) is 39.8 Å². The van der Waals surface area contributed by atoms with Gasteiger partial charge in [0.25, 0.3) is 0 Å². The van der Waals surface area contributed by atoms with Crippen molar-refractivity contribution in [2.24, 2.45) is 0 Å². The molecule has 138 valence electrons. The van der Waals surface area contributed by atoms with Crippen molar-refractivity contribution in [1.29, 1.82) is 0 Å². The molecule has 2 unspecified atom stereocenters. The van der Waals surface area contributed by atoms with E-state index in [1.165, 1.54) is 35.4 Å². The van der Waals surface area contributed by atoms with Crippen LogP contribution in [0.15, 0.2) is 0 Å². The van der Waals surface area contributed by atoms with Crippen molar-refractivity contribution in [3.8, 4) is 0 Å². The zero-order valence-electron chi connectivity index (χ0n) is 14.2. The van der Waals surface area contributed by atoms with Crippen molar-refractivity contribution in [1.82, 2.24) is 10.6 Å². The third-order valence-corrected chi connectivity index (χ3v) is 4.87. The van der Waals surface area contributed by atoms with E-state index in [0.717, 1.165) is 0 Å². The summed E-state index contributed by atoms with van der Waals surface area (Å²) in [4.78, 5) is 45.8. The van der Waals surface area contributed by atoms with Gasteiger partial charge in [-0.25, -0.2) is 9.59 Å². The quantitative estimate of drug-likeness (QED) is 0.303. The van der Waals surface area contributed by atoms with Gasteiger partial charge in [-0.1, -0.05) is 21.6 Å². The molecule has 0 aromatic heterocycles. The molecule has 0 aliphatic heterocycles. The summed E-state index contributed by atoms with van der Waals surface area (Å²) in [5.41, 5.74) is 0. The summed E-state index contributed by atoms with van der Waals surface area (Å²) >= 11 is 0. The molecule has 2 amide bonds. The fourth-order valence-corrected chi connectivity index (χ4v) is 3.84. The van der Waals surface area contributed by atoms with Crippen LogP contribution in [-0.4, -0.2) is 60.6 Å². The maximum absolute atomic E-state index is 11.8. The third-order valence-electron chi connectivity index (χ3n) is 2.45. The van der Waals surface area contributed by atoms with Gasteiger partial charge < -0.3 is 20.1 Å². The lowest BCUT2D eigenvalue weighted by Crippen LogP contribution is -2.43. The fourth-order valence-electron chi connectivity index (χ4n) is 1.55. The second-order valence-electron chi connectivity index (χ2n) is 4.58. The van der Waals surface area contributed by atoms with Gasteiger partial charge in [-0.3, -0.25) is 9.59 Å². The molecule has 0 radical (unpaired) electrons. The summed E-state index contributed by atoms with van der Waals surface area (Å²) in [6, 6.07) is -1.52. The van der Waals surface area contributed by atoms with Crippen molar-refractivity contribution >= 4 is 45.3 Å². The van der Waals surface area contributed by atoms with Crippen LogP contribution in [0.2, 0.25) is 0 Å². The van der Waals surface area contributed by atoms with Crippen molar-refractivity contribution in [3.05, 3.63) is 0 Å². The van der Waals surface area contributed by atoms with E-state index in [2.05, 4.69) is 10.6 Å². The van der Waals surface area contributed by atoms with Crippen LogP contribution in [-0.2, 0) is 28.7 Å². The van der Waals surface area contributed by atoms with Crippen molar-refractivity contribution in [2.75, 3.05) is 24.7 Å². The Morgan fingerprint density at radius 2 is 1.12 bits per heavy atom. The summed E-state index contributed by atoms with van der Waals surface area (Å²) in [5, 5.41) is 5.04. The zero-order valence-corrected chi connectivity index (χ0v) is 15.9. The van der Waals surface area contributed by atoms with Crippen LogP contribution in [0.5, 0.6) is 0 Å². The first kappa shape index (κ1) is 22.6. The van der Waals surface area contributed by atoms with E-state index in [4.69, 9.17) is 9.47 Å². The van der Waals surface area contributed by atoms with Gasteiger partial charge in [-0.2, -0.15) is 0 Å². The predicted octanol–water partition coefficient (Wildman–Crippen LogP) is 0.503. The Balaban J connectivity index is 4.44. The van der Waals surface area contributed by atoms with Crippen molar-refractivity contribution in [3.63, 3.8) is 0 Å². The molecule has 2 atom stereocenters. The molecule has 0 rings (SSSR count). The average Bonchev–Trinajstić information content (AvgIpc) is 2.48. The Morgan fingerprint density at radius 1 is 0.792 bits per heavy atom. The first-order chi connectivity index (χ1) is 11.3. The number of hydrogen-bond acceptors (Lipinski definition) is 8. The van der Waals surface area contributed by atoms with Crippen LogP contribution in [0.4, 0.5) is 0 Å². The minimum Gasteiger partial charge on any atom is -0.464 e. The number of carbonyl (C=O) groups excluding carboxylic acids is 4. The predicted molar refractivity (Wildman–Crippen MR) is 93.4 cm³/mol. The summed E-state index contributed by atoms with van der Waals surface area (Å²) in [6.45, 7) is 6.44.